The van der Waals surface area contributed by atoms with E-state index < -0.39 is 11.9 Å². The van der Waals surface area contributed by atoms with E-state index in [4.69, 9.17) is 5.73 Å². The van der Waals surface area contributed by atoms with E-state index in [1.807, 2.05) is 0 Å². The SMILES string of the molecule is CCCCCN(C)c1nc(C(F)(F)F)ccc1CN. The zero-order valence-corrected chi connectivity index (χ0v) is 11.3. The third-order valence-electron chi connectivity index (χ3n) is 2.92. The third-order valence-corrected chi connectivity index (χ3v) is 2.92. The molecular formula is C13H20F3N3. The summed E-state index contributed by atoms with van der Waals surface area (Å²) in [6, 6.07) is 2.38. The highest BCUT2D eigenvalue weighted by Crippen LogP contribution is 2.30. The Hall–Kier alpha value is -1.30. The molecule has 3 nitrogen and oxygen atoms in total. The van der Waals surface area contributed by atoms with Gasteiger partial charge in [0.05, 0.1) is 0 Å². The monoisotopic (exact) mass is 275 g/mol. The van der Waals surface area contributed by atoms with Crippen LogP contribution in [-0.4, -0.2) is 18.6 Å². The molecule has 0 radical (unpaired) electrons. The molecule has 0 spiro atoms. The summed E-state index contributed by atoms with van der Waals surface area (Å²) in [6.07, 6.45) is -1.39. The maximum Gasteiger partial charge on any atom is 0.433 e. The molecule has 0 saturated heterocycles. The van der Waals surface area contributed by atoms with Crippen LogP contribution < -0.4 is 10.6 Å². The standard InChI is InChI=1S/C13H20F3N3/c1-3-4-5-8-19(2)12-10(9-17)6-7-11(18-12)13(14,15)16/h6-7H,3-5,8-9,17H2,1-2H3. The number of hydrogen-bond acceptors (Lipinski definition) is 3. The Morgan fingerprint density at radius 1 is 1.26 bits per heavy atom. The van der Waals surface area contributed by atoms with Crippen LogP contribution in [0.1, 0.15) is 37.4 Å². The van der Waals surface area contributed by atoms with E-state index in [-0.39, 0.29) is 6.54 Å². The molecule has 0 unspecified atom stereocenters. The van der Waals surface area contributed by atoms with Gasteiger partial charge >= 0.3 is 6.18 Å². The Kier molecular flexibility index (Phi) is 5.60. The van der Waals surface area contributed by atoms with E-state index in [0.29, 0.717) is 17.9 Å². The number of anilines is 1. The van der Waals surface area contributed by atoms with Gasteiger partial charge in [0.25, 0.3) is 0 Å². The number of nitrogens with two attached hydrogens (primary N) is 1. The van der Waals surface area contributed by atoms with E-state index in [0.717, 1.165) is 25.3 Å². The molecule has 19 heavy (non-hydrogen) atoms. The van der Waals surface area contributed by atoms with Crippen molar-refractivity contribution in [2.24, 2.45) is 5.73 Å². The molecule has 108 valence electrons. The van der Waals surface area contributed by atoms with Crippen LogP contribution in [0.25, 0.3) is 0 Å². The molecule has 6 heteroatoms. The van der Waals surface area contributed by atoms with Crippen molar-refractivity contribution in [2.75, 3.05) is 18.5 Å². The van der Waals surface area contributed by atoms with Gasteiger partial charge in [-0.05, 0) is 12.5 Å². The zero-order chi connectivity index (χ0) is 14.5. The summed E-state index contributed by atoms with van der Waals surface area (Å²) in [4.78, 5) is 5.46. The van der Waals surface area contributed by atoms with Crippen molar-refractivity contribution >= 4 is 5.82 Å². The highest BCUT2D eigenvalue weighted by Gasteiger charge is 2.33. The summed E-state index contributed by atoms with van der Waals surface area (Å²) in [7, 11) is 1.75. The number of halogens is 3. The van der Waals surface area contributed by atoms with Gasteiger partial charge in [-0.2, -0.15) is 13.2 Å². The lowest BCUT2D eigenvalue weighted by atomic mass is 10.2. The quantitative estimate of drug-likeness (QED) is 0.811. The Morgan fingerprint density at radius 2 is 1.95 bits per heavy atom. The molecule has 1 aromatic heterocycles. The predicted octanol–water partition coefficient (Wildman–Crippen LogP) is 3.19. The van der Waals surface area contributed by atoms with Crippen molar-refractivity contribution in [1.29, 1.82) is 0 Å². The summed E-state index contributed by atoms with van der Waals surface area (Å²) in [5, 5.41) is 0. The Balaban J connectivity index is 2.95. The highest BCUT2D eigenvalue weighted by molar-refractivity contribution is 5.47. The van der Waals surface area contributed by atoms with Gasteiger partial charge in [-0.25, -0.2) is 4.98 Å². The fourth-order valence-electron chi connectivity index (χ4n) is 1.83. The Labute approximate surface area is 111 Å². The minimum absolute atomic E-state index is 0.179. The Morgan fingerprint density at radius 3 is 2.47 bits per heavy atom. The molecule has 0 aliphatic heterocycles. The first-order valence-corrected chi connectivity index (χ1v) is 6.38. The molecule has 0 aliphatic rings. The molecule has 2 N–H and O–H groups in total. The van der Waals surface area contributed by atoms with E-state index in [9.17, 15) is 13.2 Å². The van der Waals surface area contributed by atoms with Crippen molar-refractivity contribution in [2.45, 2.75) is 38.9 Å². The van der Waals surface area contributed by atoms with Crippen LogP contribution in [0.4, 0.5) is 19.0 Å². The van der Waals surface area contributed by atoms with E-state index in [1.54, 1.807) is 11.9 Å². The number of unbranched alkanes of at least 4 members (excludes halogenated alkanes) is 2. The number of hydrogen-bond donors (Lipinski definition) is 1. The fourth-order valence-corrected chi connectivity index (χ4v) is 1.83. The normalized spacial score (nSPS) is 11.7. The van der Waals surface area contributed by atoms with Gasteiger partial charge in [0.2, 0.25) is 0 Å². The molecule has 0 amide bonds. The van der Waals surface area contributed by atoms with Crippen molar-refractivity contribution in [1.82, 2.24) is 4.98 Å². The van der Waals surface area contributed by atoms with Gasteiger partial charge in [-0.15, -0.1) is 0 Å². The summed E-state index contributed by atoms with van der Waals surface area (Å²) in [5.74, 6) is 0.327. The van der Waals surface area contributed by atoms with E-state index in [1.165, 1.54) is 6.07 Å². The minimum Gasteiger partial charge on any atom is -0.359 e. The first kappa shape index (κ1) is 15.8. The Bertz CT molecular complexity index is 405. The molecule has 0 aliphatic carbocycles. The van der Waals surface area contributed by atoms with Crippen molar-refractivity contribution in [3.63, 3.8) is 0 Å². The molecular weight excluding hydrogens is 255 g/mol. The molecule has 1 heterocycles. The van der Waals surface area contributed by atoms with Crippen LogP contribution in [-0.2, 0) is 12.7 Å². The second kappa shape index (κ2) is 6.75. The zero-order valence-electron chi connectivity index (χ0n) is 11.3. The average molecular weight is 275 g/mol. The summed E-state index contributed by atoms with van der Waals surface area (Å²) in [6.45, 7) is 2.93. The van der Waals surface area contributed by atoms with Crippen LogP contribution >= 0.6 is 0 Å². The smallest absolute Gasteiger partial charge is 0.359 e. The molecule has 0 fully saturated rings. The first-order chi connectivity index (χ1) is 8.90. The van der Waals surface area contributed by atoms with E-state index >= 15 is 0 Å². The molecule has 1 aromatic rings. The van der Waals surface area contributed by atoms with Gasteiger partial charge in [-0.1, -0.05) is 25.8 Å². The van der Waals surface area contributed by atoms with Gasteiger partial charge in [0, 0.05) is 25.7 Å². The third kappa shape index (κ3) is 4.38. The van der Waals surface area contributed by atoms with Crippen molar-refractivity contribution in [3.05, 3.63) is 23.4 Å². The fraction of sp³-hybridized carbons (Fsp3) is 0.615. The maximum absolute atomic E-state index is 12.7. The second-order valence-electron chi connectivity index (χ2n) is 4.51. The summed E-state index contributed by atoms with van der Waals surface area (Å²) >= 11 is 0. The average Bonchev–Trinajstić information content (AvgIpc) is 2.37. The first-order valence-electron chi connectivity index (χ1n) is 6.38. The van der Waals surface area contributed by atoms with Crippen LogP contribution in [0, 0.1) is 0 Å². The van der Waals surface area contributed by atoms with Crippen molar-refractivity contribution < 1.29 is 13.2 Å². The van der Waals surface area contributed by atoms with Crippen LogP contribution in [0.15, 0.2) is 12.1 Å². The second-order valence-corrected chi connectivity index (χ2v) is 4.51. The van der Waals surface area contributed by atoms with Crippen LogP contribution in [0.2, 0.25) is 0 Å². The highest BCUT2D eigenvalue weighted by atomic mass is 19.4. The predicted molar refractivity (Wildman–Crippen MR) is 69.9 cm³/mol. The van der Waals surface area contributed by atoms with Gasteiger partial charge in [-0.3, -0.25) is 0 Å². The number of alkyl halides is 3. The molecule has 0 atom stereocenters. The molecule has 0 bridgehead atoms. The number of rotatable bonds is 6. The minimum atomic E-state index is -4.42. The lowest BCUT2D eigenvalue weighted by molar-refractivity contribution is -0.141. The lowest BCUT2D eigenvalue weighted by Gasteiger charge is -2.22. The van der Waals surface area contributed by atoms with Gasteiger partial charge < -0.3 is 10.6 Å². The van der Waals surface area contributed by atoms with Crippen LogP contribution in [0.5, 0.6) is 0 Å². The molecule has 1 rings (SSSR count). The largest absolute Gasteiger partial charge is 0.433 e. The summed E-state index contributed by atoms with van der Waals surface area (Å²) in [5.41, 5.74) is 5.31. The molecule has 0 aromatic carbocycles. The number of nitrogens with zero attached hydrogens (tertiary/aromatic N) is 2. The lowest BCUT2D eigenvalue weighted by Crippen LogP contribution is -2.23. The number of pyridine rings is 1. The van der Waals surface area contributed by atoms with Crippen LogP contribution in [0.3, 0.4) is 0 Å². The van der Waals surface area contributed by atoms with Gasteiger partial charge in [0.1, 0.15) is 11.5 Å². The maximum atomic E-state index is 12.7. The summed E-state index contributed by atoms with van der Waals surface area (Å²) < 4.78 is 38.0. The topological polar surface area (TPSA) is 42.2 Å². The van der Waals surface area contributed by atoms with Crippen molar-refractivity contribution in [3.8, 4) is 0 Å². The molecule has 0 saturated carbocycles. The van der Waals surface area contributed by atoms with E-state index in [2.05, 4.69) is 11.9 Å². The van der Waals surface area contributed by atoms with Gasteiger partial charge in [0.15, 0.2) is 0 Å². The number of aromatic nitrogens is 1.